The molecule has 0 atom stereocenters. The predicted octanol–water partition coefficient (Wildman–Crippen LogP) is 2.90. The number of aliphatic carboxylic acids is 1. The smallest absolute Gasteiger partial charge is 0.321 e. The Balaban J connectivity index is 1.90. The molecule has 3 N–H and O–H groups in total. The summed E-state index contributed by atoms with van der Waals surface area (Å²) in [4.78, 5) is 22.7. The molecule has 1 aromatic carbocycles. The van der Waals surface area contributed by atoms with Gasteiger partial charge in [0, 0.05) is 18.4 Å². The van der Waals surface area contributed by atoms with Crippen molar-refractivity contribution in [2.45, 2.75) is 38.6 Å². The average Bonchev–Trinajstić information content (AvgIpc) is 2.99. The lowest BCUT2D eigenvalue weighted by molar-refractivity contribution is -0.137. The van der Waals surface area contributed by atoms with E-state index in [-0.39, 0.29) is 6.42 Å². The molecule has 0 saturated heterocycles. The van der Waals surface area contributed by atoms with E-state index in [1.807, 2.05) is 24.3 Å². The topological polar surface area (TPSA) is 113 Å². The van der Waals surface area contributed by atoms with Gasteiger partial charge < -0.3 is 15.2 Å². The summed E-state index contributed by atoms with van der Waals surface area (Å²) in [5.41, 5.74) is 0.391. The number of carboxylic acid groups (broad SMARTS) is 1. The van der Waals surface area contributed by atoms with Crippen molar-refractivity contribution in [2.24, 2.45) is 0 Å². The van der Waals surface area contributed by atoms with Crippen LogP contribution in [0.15, 0.2) is 24.3 Å². The minimum absolute atomic E-state index is 0.0171. The molecule has 0 aliphatic carbocycles. The van der Waals surface area contributed by atoms with Gasteiger partial charge in [0.25, 0.3) is 0 Å². The van der Waals surface area contributed by atoms with Crippen LogP contribution in [-0.4, -0.2) is 40.0 Å². The van der Waals surface area contributed by atoms with Gasteiger partial charge >= 0.3 is 12.0 Å². The van der Waals surface area contributed by atoms with Gasteiger partial charge in [0.05, 0.1) is 7.11 Å². The maximum Gasteiger partial charge on any atom is 0.321 e. The number of hydrogen-bond acceptors (Lipinski definition) is 6. The third kappa shape index (κ3) is 6.32. The minimum Gasteiger partial charge on any atom is -0.497 e. The first-order chi connectivity index (χ1) is 12.3. The fraction of sp³-hybridized carbons (Fsp3) is 0.412. The summed E-state index contributed by atoms with van der Waals surface area (Å²) < 4.78 is 5.20. The van der Waals surface area contributed by atoms with E-state index in [0.717, 1.165) is 16.3 Å². The van der Waals surface area contributed by atoms with Crippen LogP contribution in [0.4, 0.5) is 9.93 Å². The van der Waals surface area contributed by atoms with Gasteiger partial charge in [-0.05, 0) is 38.0 Å². The number of carboxylic acids is 1. The molecule has 2 amide bonds. The highest BCUT2D eigenvalue weighted by molar-refractivity contribution is 7.15. The molecule has 0 spiro atoms. The number of amides is 2. The Morgan fingerprint density at radius 1 is 1.31 bits per heavy atom. The Hall–Kier alpha value is -2.68. The fourth-order valence-electron chi connectivity index (χ4n) is 2.25. The Bertz CT molecular complexity index is 776. The first-order valence-corrected chi connectivity index (χ1v) is 8.85. The van der Waals surface area contributed by atoms with Gasteiger partial charge in [0.2, 0.25) is 5.13 Å². The number of carbonyl (C=O) groups excluding carboxylic acids is 1. The molecule has 0 radical (unpaired) electrons. The predicted molar refractivity (Wildman–Crippen MR) is 98.8 cm³/mol. The highest BCUT2D eigenvalue weighted by Crippen LogP contribution is 2.21. The number of urea groups is 1. The average molecular weight is 378 g/mol. The number of nitrogens with zero attached hydrogens (tertiary/aromatic N) is 2. The quantitative estimate of drug-likeness (QED) is 0.651. The summed E-state index contributed by atoms with van der Waals surface area (Å²) in [5, 5.41) is 23.3. The van der Waals surface area contributed by atoms with E-state index >= 15 is 0 Å². The Morgan fingerprint density at radius 2 is 2.08 bits per heavy atom. The van der Waals surface area contributed by atoms with Gasteiger partial charge in [-0.1, -0.05) is 23.5 Å². The monoisotopic (exact) mass is 378 g/mol. The van der Waals surface area contributed by atoms with Crippen LogP contribution < -0.4 is 15.4 Å². The summed E-state index contributed by atoms with van der Waals surface area (Å²) in [6.07, 6.45) is 0.895. The first-order valence-electron chi connectivity index (χ1n) is 8.04. The molecule has 0 fully saturated rings. The van der Waals surface area contributed by atoms with Crippen LogP contribution in [0.5, 0.6) is 5.75 Å². The van der Waals surface area contributed by atoms with Crippen molar-refractivity contribution in [3.8, 4) is 5.75 Å². The molecule has 8 nitrogen and oxygen atoms in total. The zero-order chi connectivity index (χ0) is 19.2. The molecule has 9 heteroatoms. The van der Waals surface area contributed by atoms with E-state index in [1.54, 1.807) is 21.0 Å². The fourth-order valence-corrected chi connectivity index (χ4v) is 3.02. The molecule has 1 aromatic heterocycles. The standard InChI is InChI=1S/C17H22N4O4S/c1-17(2,8-7-14(22)23)19-15(24)18-16-21-20-13(26-16)10-11-5-4-6-12(9-11)25-3/h4-6,9H,7-8,10H2,1-3H3,(H,22,23)(H2,18,19,21,24). The van der Waals surface area contributed by atoms with Crippen LogP contribution in [0.3, 0.4) is 0 Å². The molecule has 2 rings (SSSR count). The van der Waals surface area contributed by atoms with E-state index in [9.17, 15) is 9.59 Å². The van der Waals surface area contributed by atoms with Crippen molar-refractivity contribution in [2.75, 3.05) is 12.4 Å². The second-order valence-electron chi connectivity index (χ2n) is 6.39. The molecule has 26 heavy (non-hydrogen) atoms. The number of methoxy groups -OCH3 is 1. The van der Waals surface area contributed by atoms with E-state index < -0.39 is 17.5 Å². The number of benzene rings is 1. The first kappa shape index (κ1) is 19.6. The van der Waals surface area contributed by atoms with Crippen molar-refractivity contribution < 1.29 is 19.4 Å². The van der Waals surface area contributed by atoms with Crippen LogP contribution in [0.25, 0.3) is 0 Å². The number of ether oxygens (including phenoxy) is 1. The third-order valence-corrected chi connectivity index (χ3v) is 4.43. The number of nitrogens with one attached hydrogen (secondary N) is 2. The van der Waals surface area contributed by atoms with Crippen molar-refractivity contribution in [1.29, 1.82) is 0 Å². The van der Waals surface area contributed by atoms with Crippen molar-refractivity contribution in [3.63, 3.8) is 0 Å². The molecular formula is C17H22N4O4S. The van der Waals surface area contributed by atoms with E-state index in [4.69, 9.17) is 9.84 Å². The summed E-state index contributed by atoms with van der Waals surface area (Å²) in [5.74, 6) is -0.125. The summed E-state index contributed by atoms with van der Waals surface area (Å²) >= 11 is 1.28. The number of anilines is 1. The maximum atomic E-state index is 12.1. The van der Waals surface area contributed by atoms with Crippen molar-refractivity contribution >= 4 is 28.5 Å². The van der Waals surface area contributed by atoms with Gasteiger partial charge in [0.1, 0.15) is 10.8 Å². The van der Waals surface area contributed by atoms with Crippen LogP contribution in [0, 0.1) is 0 Å². The van der Waals surface area contributed by atoms with Crippen molar-refractivity contribution in [1.82, 2.24) is 15.5 Å². The third-order valence-electron chi connectivity index (χ3n) is 3.59. The molecular weight excluding hydrogens is 356 g/mol. The molecule has 140 valence electrons. The molecule has 1 heterocycles. The van der Waals surface area contributed by atoms with E-state index in [1.165, 1.54) is 11.3 Å². The van der Waals surface area contributed by atoms with Crippen LogP contribution in [0.1, 0.15) is 37.3 Å². The molecule has 0 unspecified atom stereocenters. The largest absolute Gasteiger partial charge is 0.497 e. The lowest BCUT2D eigenvalue weighted by Gasteiger charge is -2.25. The lowest BCUT2D eigenvalue weighted by atomic mass is 9.99. The molecule has 0 saturated carbocycles. The van der Waals surface area contributed by atoms with Gasteiger partial charge in [-0.25, -0.2) is 4.79 Å². The molecule has 2 aromatic rings. The highest BCUT2D eigenvalue weighted by Gasteiger charge is 2.22. The Kier molecular flexibility index (Phi) is 6.51. The van der Waals surface area contributed by atoms with Gasteiger partial charge in [-0.2, -0.15) is 0 Å². The van der Waals surface area contributed by atoms with Crippen LogP contribution >= 0.6 is 11.3 Å². The molecule has 0 aliphatic rings. The second kappa shape index (κ2) is 8.61. The van der Waals surface area contributed by atoms with Gasteiger partial charge in [-0.3, -0.25) is 10.1 Å². The second-order valence-corrected chi connectivity index (χ2v) is 7.45. The van der Waals surface area contributed by atoms with Gasteiger partial charge in [0.15, 0.2) is 0 Å². The zero-order valence-electron chi connectivity index (χ0n) is 14.9. The summed E-state index contributed by atoms with van der Waals surface area (Å²) in [7, 11) is 1.61. The summed E-state index contributed by atoms with van der Waals surface area (Å²) in [6, 6.07) is 7.22. The Morgan fingerprint density at radius 3 is 2.77 bits per heavy atom. The van der Waals surface area contributed by atoms with Crippen LogP contribution in [0.2, 0.25) is 0 Å². The molecule has 0 bridgehead atoms. The highest BCUT2D eigenvalue weighted by atomic mass is 32.1. The van der Waals surface area contributed by atoms with E-state index in [2.05, 4.69) is 20.8 Å². The maximum absolute atomic E-state index is 12.1. The lowest BCUT2D eigenvalue weighted by Crippen LogP contribution is -2.45. The zero-order valence-corrected chi connectivity index (χ0v) is 15.7. The van der Waals surface area contributed by atoms with Gasteiger partial charge in [-0.15, -0.1) is 10.2 Å². The van der Waals surface area contributed by atoms with E-state index in [0.29, 0.717) is 18.0 Å². The van der Waals surface area contributed by atoms with Crippen molar-refractivity contribution in [3.05, 3.63) is 34.8 Å². The number of carbonyl (C=O) groups is 2. The van der Waals surface area contributed by atoms with Crippen LogP contribution in [-0.2, 0) is 11.2 Å². The number of hydrogen-bond donors (Lipinski definition) is 3. The number of rotatable bonds is 8. The minimum atomic E-state index is -0.897. The summed E-state index contributed by atoms with van der Waals surface area (Å²) in [6.45, 7) is 3.54. The number of aromatic nitrogens is 2. The Labute approximate surface area is 155 Å². The molecule has 0 aliphatic heterocycles. The SMILES string of the molecule is COc1cccc(Cc2nnc(NC(=O)NC(C)(C)CCC(=O)O)s2)c1. The normalized spacial score (nSPS) is 11.0.